The first kappa shape index (κ1) is 17.1. The third-order valence-corrected chi connectivity index (χ3v) is 3.58. The number of hydrogen-bond acceptors (Lipinski definition) is 5. The van der Waals surface area contributed by atoms with E-state index in [9.17, 15) is 9.18 Å². The normalized spacial score (nSPS) is 10.9. The maximum absolute atomic E-state index is 13.3. The highest BCUT2D eigenvalue weighted by Gasteiger charge is 2.19. The van der Waals surface area contributed by atoms with Crippen LogP contribution in [0.5, 0.6) is 0 Å². The van der Waals surface area contributed by atoms with Gasteiger partial charge in [-0.3, -0.25) is 0 Å². The number of rotatable bonds is 4. The summed E-state index contributed by atoms with van der Waals surface area (Å²) in [6.45, 7) is 3.50. The maximum Gasteiger partial charge on any atom is 0.361 e. The van der Waals surface area contributed by atoms with E-state index in [0.29, 0.717) is 16.7 Å². The summed E-state index contributed by atoms with van der Waals surface area (Å²) in [5.41, 5.74) is 1.71. The predicted octanol–water partition coefficient (Wildman–Crippen LogP) is 4.73. The molecule has 25 heavy (non-hydrogen) atoms. The van der Waals surface area contributed by atoms with Crippen LogP contribution < -0.4 is 5.32 Å². The standard InChI is InChI=1S/C18H15ClFN3O2/c1-10(2)25-18(24)16-17(21-11-7-8-13(20)12(19)9-11)23-15-6-4-3-5-14(15)22-16/h3-10H,1-2H3,(H,21,23). The molecule has 7 heteroatoms. The summed E-state index contributed by atoms with van der Waals surface area (Å²) in [6.07, 6.45) is -0.297. The summed E-state index contributed by atoms with van der Waals surface area (Å²) in [7, 11) is 0. The van der Waals surface area contributed by atoms with Crippen molar-refractivity contribution in [3.05, 3.63) is 59.0 Å². The molecule has 5 nitrogen and oxygen atoms in total. The summed E-state index contributed by atoms with van der Waals surface area (Å²) in [5, 5.41) is 2.92. The Hall–Kier alpha value is -2.73. The van der Waals surface area contributed by atoms with Gasteiger partial charge in [0.1, 0.15) is 5.82 Å². The Bertz CT molecular complexity index is 947. The Balaban J connectivity index is 2.07. The van der Waals surface area contributed by atoms with E-state index in [4.69, 9.17) is 16.3 Å². The number of esters is 1. The molecule has 128 valence electrons. The van der Waals surface area contributed by atoms with Crippen LogP contribution in [0.3, 0.4) is 0 Å². The molecule has 0 fully saturated rings. The van der Waals surface area contributed by atoms with Gasteiger partial charge in [-0.15, -0.1) is 0 Å². The van der Waals surface area contributed by atoms with Crippen molar-refractivity contribution in [3.8, 4) is 0 Å². The van der Waals surface area contributed by atoms with Gasteiger partial charge in [-0.2, -0.15) is 0 Å². The number of benzene rings is 2. The van der Waals surface area contributed by atoms with Gasteiger partial charge >= 0.3 is 5.97 Å². The van der Waals surface area contributed by atoms with E-state index >= 15 is 0 Å². The van der Waals surface area contributed by atoms with Crippen molar-refractivity contribution in [2.24, 2.45) is 0 Å². The molecule has 0 atom stereocenters. The summed E-state index contributed by atoms with van der Waals surface area (Å²) >= 11 is 5.80. The molecule has 0 aliphatic rings. The number of anilines is 2. The number of ether oxygens (including phenoxy) is 1. The highest BCUT2D eigenvalue weighted by Crippen LogP contribution is 2.25. The molecule has 0 bridgehead atoms. The smallest absolute Gasteiger partial charge is 0.361 e. The molecule has 0 spiro atoms. The number of para-hydroxylation sites is 2. The highest BCUT2D eigenvalue weighted by molar-refractivity contribution is 6.31. The topological polar surface area (TPSA) is 64.1 Å². The number of carbonyl (C=O) groups is 1. The summed E-state index contributed by atoms with van der Waals surface area (Å²) < 4.78 is 18.6. The first-order valence-electron chi connectivity index (χ1n) is 7.64. The lowest BCUT2D eigenvalue weighted by Crippen LogP contribution is -2.16. The second-order valence-electron chi connectivity index (χ2n) is 5.62. The molecule has 0 radical (unpaired) electrons. The van der Waals surface area contributed by atoms with Gasteiger partial charge in [-0.05, 0) is 44.2 Å². The summed E-state index contributed by atoms with van der Waals surface area (Å²) in [6, 6.07) is 11.3. The molecule has 3 rings (SSSR count). The number of fused-ring (bicyclic) bond motifs is 1. The number of nitrogens with one attached hydrogen (secondary N) is 1. The molecule has 3 aromatic rings. The first-order valence-corrected chi connectivity index (χ1v) is 8.01. The van der Waals surface area contributed by atoms with Crippen LogP contribution in [0.1, 0.15) is 24.3 Å². The number of aromatic nitrogens is 2. The fraction of sp³-hybridized carbons (Fsp3) is 0.167. The number of nitrogens with zero attached hydrogens (tertiary/aromatic N) is 2. The molecule has 0 saturated carbocycles. The Morgan fingerprint density at radius 2 is 1.84 bits per heavy atom. The molecular formula is C18H15ClFN3O2. The van der Waals surface area contributed by atoms with Crippen LogP contribution in [0.25, 0.3) is 11.0 Å². The Labute approximate surface area is 148 Å². The lowest BCUT2D eigenvalue weighted by molar-refractivity contribution is 0.0372. The minimum absolute atomic E-state index is 0.0370. The number of hydrogen-bond donors (Lipinski definition) is 1. The molecule has 2 aromatic carbocycles. The Morgan fingerprint density at radius 1 is 1.16 bits per heavy atom. The largest absolute Gasteiger partial charge is 0.458 e. The zero-order chi connectivity index (χ0) is 18.0. The minimum Gasteiger partial charge on any atom is -0.458 e. The van der Waals surface area contributed by atoms with Crippen LogP contribution in [0.15, 0.2) is 42.5 Å². The van der Waals surface area contributed by atoms with Gasteiger partial charge in [-0.1, -0.05) is 23.7 Å². The molecule has 1 N–H and O–H groups in total. The van der Waals surface area contributed by atoms with Crippen molar-refractivity contribution in [1.29, 1.82) is 0 Å². The molecule has 0 unspecified atom stereocenters. The summed E-state index contributed by atoms with van der Waals surface area (Å²) in [4.78, 5) is 21.2. The van der Waals surface area contributed by atoms with Gasteiger partial charge in [0.05, 0.1) is 22.2 Å². The van der Waals surface area contributed by atoms with E-state index in [1.165, 1.54) is 18.2 Å². The average molecular weight is 360 g/mol. The maximum atomic E-state index is 13.3. The third-order valence-electron chi connectivity index (χ3n) is 3.29. The van der Waals surface area contributed by atoms with E-state index in [-0.39, 0.29) is 22.6 Å². The van der Waals surface area contributed by atoms with Gasteiger partial charge in [-0.25, -0.2) is 19.2 Å². The monoisotopic (exact) mass is 359 g/mol. The molecule has 0 saturated heterocycles. The van der Waals surface area contributed by atoms with Crippen molar-refractivity contribution < 1.29 is 13.9 Å². The van der Waals surface area contributed by atoms with E-state index in [1.54, 1.807) is 32.0 Å². The number of halogens is 2. The van der Waals surface area contributed by atoms with Gasteiger partial charge in [0, 0.05) is 5.69 Å². The van der Waals surface area contributed by atoms with Crippen LogP contribution in [-0.2, 0) is 4.74 Å². The van der Waals surface area contributed by atoms with Crippen molar-refractivity contribution in [3.63, 3.8) is 0 Å². The van der Waals surface area contributed by atoms with E-state index < -0.39 is 11.8 Å². The van der Waals surface area contributed by atoms with Crippen LogP contribution >= 0.6 is 11.6 Å². The van der Waals surface area contributed by atoms with Crippen molar-refractivity contribution >= 4 is 40.1 Å². The fourth-order valence-corrected chi connectivity index (χ4v) is 2.39. The third kappa shape index (κ3) is 3.85. The Morgan fingerprint density at radius 3 is 2.48 bits per heavy atom. The zero-order valence-electron chi connectivity index (χ0n) is 13.6. The predicted molar refractivity (Wildman–Crippen MR) is 94.8 cm³/mol. The van der Waals surface area contributed by atoms with Gasteiger partial charge < -0.3 is 10.1 Å². The van der Waals surface area contributed by atoms with E-state index in [0.717, 1.165) is 0 Å². The quantitative estimate of drug-likeness (QED) is 0.682. The van der Waals surface area contributed by atoms with E-state index in [1.807, 2.05) is 6.07 Å². The summed E-state index contributed by atoms with van der Waals surface area (Å²) in [5.74, 6) is -0.910. The first-order chi connectivity index (χ1) is 11.9. The van der Waals surface area contributed by atoms with Crippen LogP contribution in [0.2, 0.25) is 5.02 Å². The fourth-order valence-electron chi connectivity index (χ4n) is 2.21. The van der Waals surface area contributed by atoms with Gasteiger partial charge in [0.15, 0.2) is 11.5 Å². The average Bonchev–Trinajstić information content (AvgIpc) is 2.57. The minimum atomic E-state index is -0.594. The van der Waals surface area contributed by atoms with Gasteiger partial charge in [0.25, 0.3) is 0 Å². The molecule has 0 amide bonds. The molecule has 1 aromatic heterocycles. The lowest BCUT2D eigenvalue weighted by atomic mass is 10.2. The molecule has 0 aliphatic heterocycles. The molecule has 0 aliphatic carbocycles. The van der Waals surface area contributed by atoms with Gasteiger partial charge in [0.2, 0.25) is 0 Å². The molecule has 1 heterocycles. The lowest BCUT2D eigenvalue weighted by Gasteiger charge is -2.13. The zero-order valence-corrected chi connectivity index (χ0v) is 14.3. The van der Waals surface area contributed by atoms with Crippen molar-refractivity contribution in [1.82, 2.24) is 9.97 Å². The second kappa shape index (κ2) is 7.03. The highest BCUT2D eigenvalue weighted by atomic mass is 35.5. The SMILES string of the molecule is CC(C)OC(=O)c1nc2ccccc2nc1Nc1ccc(F)c(Cl)c1. The van der Waals surface area contributed by atoms with Crippen LogP contribution in [0, 0.1) is 5.82 Å². The second-order valence-corrected chi connectivity index (χ2v) is 6.02. The van der Waals surface area contributed by atoms with Crippen molar-refractivity contribution in [2.75, 3.05) is 5.32 Å². The van der Waals surface area contributed by atoms with Crippen LogP contribution in [-0.4, -0.2) is 22.0 Å². The van der Waals surface area contributed by atoms with Crippen LogP contribution in [0.4, 0.5) is 15.9 Å². The Kier molecular flexibility index (Phi) is 4.81. The molecular weight excluding hydrogens is 345 g/mol. The van der Waals surface area contributed by atoms with Crippen molar-refractivity contribution in [2.45, 2.75) is 20.0 Å². The number of carbonyl (C=O) groups excluding carboxylic acids is 1. The van der Waals surface area contributed by atoms with E-state index in [2.05, 4.69) is 15.3 Å².